The van der Waals surface area contributed by atoms with E-state index in [0.717, 1.165) is 17.8 Å². The first kappa shape index (κ1) is 15.2. The van der Waals surface area contributed by atoms with E-state index < -0.39 is 0 Å². The highest BCUT2D eigenvalue weighted by Gasteiger charge is 2.39. The number of carbonyl (C=O) groups excluding carboxylic acids is 2. The average Bonchev–Trinajstić information content (AvgIpc) is 3.20. The van der Waals surface area contributed by atoms with Gasteiger partial charge in [0.15, 0.2) is 0 Å². The normalized spacial score (nSPS) is 25.5. The molecular formula is C16H20N2O3S. The molecule has 1 heterocycles. The average molecular weight is 320 g/mol. The lowest BCUT2D eigenvalue weighted by Crippen LogP contribution is -2.32. The van der Waals surface area contributed by atoms with E-state index >= 15 is 0 Å². The molecular weight excluding hydrogens is 300 g/mol. The number of nitrogens with one attached hydrogen (secondary N) is 1. The van der Waals surface area contributed by atoms with Crippen molar-refractivity contribution in [3.8, 4) is 0 Å². The summed E-state index contributed by atoms with van der Waals surface area (Å²) in [5.41, 5.74) is 0.663. The fourth-order valence-electron chi connectivity index (χ4n) is 3.29. The molecule has 1 aromatic heterocycles. The molecule has 0 unspecified atom stereocenters. The van der Waals surface area contributed by atoms with Crippen LogP contribution in [0.15, 0.2) is 12.2 Å². The molecule has 2 aliphatic rings. The Kier molecular flexibility index (Phi) is 4.29. The third kappa shape index (κ3) is 2.92. The number of hydrogen-bond donors (Lipinski definition) is 1. The third-order valence-corrected chi connectivity index (χ3v) is 5.47. The zero-order valence-electron chi connectivity index (χ0n) is 12.8. The van der Waals surface area contributed by atoms with E-state index in [1.54, 1.807) is 13.8 Å². The van der Waals surface area contributed by atoms with E-state index in [0.29, 0.717) is 35.6 Å². The summed E-state index contributed by atoms with van der Waals surface area (Å²) in [6, 6.07) is 0. The minimum absolute atomic E-state index is 0.0978. The monoisotopic (exact) mass is 320 g/mol. The molecule has 1 aromatic rings. The summed E-state index contributed by atoms with van der Waals surface area (Å²) in [5.74, 6) is 0.840. The fourth-order valence-corrected chi connectivity index (χ4v) is 4.19. The van der Waals surface area contributed by atoms with Gasteiger partial charge in [0.1, 0.15) is 9.88 Å². The number of nitrogens with zero attached hydrogens (tertiary/aromatic N) is 1. The van der Waals surface area contributed by atoms with E-state index in [9.17, 15) is 9.59 Å². The van der Waals surface area contributed by atoms with Gasteiger partial charge in [0.05, 0.1) is 18.8 Å². The van der Waals surface area contributed by atoms with E-state index in [1.165, 1.54) is 11.3 Å². The van der Waals surface area contributed by atoms with Gasteiger partial charge in [-0.25, -0.2) is 9.78 Å². The van der Waals surface area contributed by atoms with Crippen molar-refractivity contribution in [3.05, 3.63) is 27.7 Å². The number of aryl methyl sites for hydroxylation is 1. The van der Waals surface area contributed by atoms with Gasteiger partial charge in [-0.2, -0.15) is 0 Å². The van der Waals surface area contributed by atoms with Crippen LogP contribution in [0.1, 0.15) is 40.1 Å². The number of rotatable bonds is 5. The second-order valence-corrected chi connectivity index (χ2v) is 6.93. The number of allylic oxidation sites excluding steroid dienone is 2. The number of amides is 1. The number of ether oxygens (including phenoxy) is 1. The van der Waals surface area contributed by atoms with E-state index in [-0.39, 0.29) is 17.8 Å². The van der Waals surface area contributed by atoms with Crippen molar-refractivity contribution in [2.24, 2.45) is 17.8 Å². The second-order valence-electron chi connectivity index (χ2n) is 5.85. The molecule has 0 radical (unpaired) electrons. The van der Waals surface area contributed by atoms with Gasteiger partial charge in [-0.1, -0.05) is 12.2 Å². The lowest BCUT2D eigenvalue weighted by Gasteiger charge is -2.16. The molecule has 3 atom stereocenters. The maximum Gasteiger partial charge on any atom is 0.350 e. The van der Waals surface area contributed by atoms with Crippen molar-refractivity contribution in [2.45, 2.75) is 33.2 Å². The number of aromatic nitrogens is 1. The molecule has 5 nitrogen and oxygen atoms in total. The van der Waals surface area contributed by atoms with Gasteiger partial charge >= 0.3 is 5.97 Å². The standard InChI is InChI=1S/C16H20N2O3S/c1-3-21-16(20)14-9(2)18-13(22-14)8-17-15(19)12-7-10-4-5-11(12)6-10/h4-5,10-12H,3,6-8H2,1-2H3,(H,17,19)/t10-,11-,12+/m0/s1. The Bertz CT molecular complexity index is 623. The van der Waals surface area contributed by atoms with Crippen LogP contribution >= 0.6 is 11.3 Å². The first-order valence-corrected chi connectivity index (χ1v) is 8.49. The highest BCUT2D eigenvalue weighted by molar-refractivity contribution is 7.13. The third-order valence-electron chi connectivity index (χ3n) is 4.33. The number of hydrogen-bond acceptors (Lipinski definition) is 5. The Balaban J connectivity index is 1.57. The number of thiazole rings is 1. The summed E-state index contributed by atoms with van der Waals surface area (Å²) < 4.78 is 5.00. The summed E-state index contributed by atoms with van der Waals surface area (Å²) in [6.07, 6.45) is 6.47. The zero-order valence-corrected chi connectivity index (χ0v) is 13.6. The van der Waals surface area contributed by atoms with Crippen LogP contribution in [0, 0.1) is 24.7 Å². The topological polar surface area (TPSA) is 68.3 Å². The molecule has 1 amide bonds. The van der Waals surface area contributed by atoms with Crippen LogP contribution in [0.25, 0.3) is 0 Å². The van der Waals surface area contributed by atoms with Crippen molar-refractivity contribution in [2.75, 3.05) is 6.61 Å². The molecule has 0 saturated heterocycles. The predicted molar refractivity (Wildman–Crippen MR) is 83.5 cm³/mol. The SMILES string of the molecule is CCOC(=O)c1sc(CNC(=O)[C@@H]2C[C@H]3C=C[C@H]2C3)nc1C. The van der Waals surface area contributed by atoms with Crippen molar-refractivity contribution in [1.82, 2.24) is 10.3 Å². The van der Waals surface area contributed by atoms with Crippen LogP contribution < -0.4 is 5.32 Å². The molecule has 0 aliphatic heterocycles. The predicted octanol–water partition coefficient (Wildman–Crippen LogP) is 2.46. The van der Waals surface area contributed by atoms with Gasteiger partial charge < -0.3 is 10.1 Å². The summed E-state index contributed by atoms with van der Waals surface area (Å²) >= 11 is 1.29. The van der Waals surface area contributed by atoms with Gasteiger partial charge in [0.2, 0.25) is 5.91 Å². The van der Waals surface area contributed by atoms with Crippen molar-refractivity contribution < 1.29 is 14.3 Å². The van der Waals surface area contributed by atoms with Crippen LogP contribution in [0.4, 0.5) is 0 Å². The number of fused-ring (bicyclic) bond motifs is 2. The van der Waals surface area contributed by atoms with E-state index in [2.05, 4.69) is 22.5 Å². The Hall–Kier alpha value is -1.69. The first-order valence-electron chi connectivity index (χ1n) is 7.68. The van der Waals surface area contributed by atoms with Crippen molar-refractivity contribution >= 4 is 23.2 Å². The summed E-state index contributed by atoms with van der Waals surface area (Å²) in [4.78, 5) is 28.9. The Morgan fingerprint density at radius 3 is 2.86 bits per heavy atom. The molecule has 2 aliphatic carbocycles. The van der Waals surface area contributed by atoms with Crippen LogP contribution in [-0.2, 0) is 16.1 Å². The minimum atomic E-state index is -0.340. The largest absolute Gasteiger partial charge is 0.462 e. The summed E-state index contributed by atoms with van der Waals surface area (Å²) in [5, 5.41) is 3.70. The fraction of sp³-hybridized carbons (Fsp3) is 0.562. The maximum absolute atomic E-state index is 12.3. The van der Waals surface area contributed by atoms with Gasteiger partial charge in [-0.05, 0) is 38.5 Å². The second kappa shape index (κ2) is 6.20. The van der Waals surface area contributed by atoms with Gasteiger partial charge in [-0.15, -0.1) is 11.3 Å². The lowest BCUT2D eigenvalue weighted by atomic mass is 9.93. The highest BCUT2D eigenvalue weighted by Crippen LogP contribution is 2.43. The smallest absolute Gasteiger partial charge is 0.350 e. The van der Waals surface area contributed by atoms with Crippen molar-refractivity contribution in [1.29, 1.82) is 0 Å². The van der Waals surface area contributed by atoms with Crippen molar-refractivity contribution in [3.63, 3.8) is 0 Å². The van der Waals surface area contributed by atoms with Crippen LogP contribution in [-0.4, -0.2) is 23.5 Å². The van der Waals surface area contributed by atoms with Crippen LogP contribution in [0.3, 0.4) is 0 Å². The van der Waals surface area contributed by atoms with E-state index in [1.807, 2.05) is 0 Å². The molecule has 1 fully saturated rings. The molecule has 1 N–H and O–H groups in total. The quantitative estimate of drug-likeness (QED) is 0.668. The zero-order chi connectivity index (χ0) is 15.7. The minimum Gasteiger partial charge on any atom is -0.462 e. The molecule has 118 valence electrons. The van der Waals surface area contributed by atoms with Gasteiger partial charge in [0.25, 0.3) is 0 Å². The Morgan fingerprint density at radius 2 is 2.23 bits per heavy atom. The molecule has 0 aromatic carbocycles. The molecule has 0 spiro atoms. The molecule has 22 heavy (non-hydrogen) atoms. The number of carbonyl (C=O) groups is 2. The van der Waals surface area contributed by atoms with Gasteiger partial charge in [0, 0.05) is 5.92 Å². The Morgan fingerprint density at radius 1 is 1.41 bits per heavy atom. The highest BCUT2D eigenvalue weighted by atomic mass is 32.1. The van der Waals surface area contributed by atoms with Crippen LogP contribution in [0.2, 0.25) is 0 Å². The van der Waals surface area contributed by atoms with E-state index in [4.69, 9.17) is 4.74 Å². The van der Waals surface area contributed by atoms with Crippen LogP contribution in [0.5, 0.6) is 0 Å². The Labute approximate surface area is 133 Å². The molecule has 1 saturated carbocycles. The lowest BCUT2D eigenvalue weighted by molar-refractivity contribution is -0.125. The maximum atomic E-state index is 12.3. The molecule has 3 rings (SSSR count). The summed E-state index contributed by atoms with van der Waals surface area (Å²) in [7, 11) is 0. The van der Waals surface area contributed by atoms with Gasteiger partial charge in [-0.3, -0.25) is 4.79 Å². The first-order chi connectivity index (χ1) is 10.6. The molecule has 6 heteroatoms. The molecule has 2 bridgehead atoms. The number of esters is 1. The summed E-state index contributed by atoms with van der Waals surface area (Å²) in [6.45, 7) is 4.29.